The lowest BCUT2D eigenvalue weighted by Gasteiger charge is -2.59. The predicted octanol–water partition coefficient (Wildman–Crippen LogP) is 3.13. The number of aromatic nitrogens is 2. The number of amides is 1. The Bertz CT molecular complexity index is 932. The van der Waals surface area contributed by atoms with Gasteiger partial charge in [0, 0.05) is 42.2 Å². The molecule has 1 saturated carbocycles. The van der Waals surface area contributed by atoms with Gasteiger partial charge in [-0.3, -0.25) is 14.8 Å². The molecule has 1 aliphatic heterocycles. The molecule has 2 fully saturated rings. The summed E-state index contributed by atoms with van der Waals surface area (Å²) in [6.07, 6.45) is 2.36. The molecule has 9 nitrogen and oxygen atoms in total. The van der Waals surface area contributed by atoms with Crippen LogP contribution in [-0.2, 0) is 4.74 Å². The van der Waals surface area contributed by atoms with Gasteiger partial charge in [-0.15, -0.1) is 0 Å². The summed E-state index contributed by atoms with van der Waals surface area (Å²) in [6.45, 7) is 6.21. The molecule has 0 N–H and O–H groups in total. The third-order valence-corrected chi connectivity index (χ3v) is 5.27. The van der Waals surface area contributed by atoms with Gasteiger partial charge in [0.25, 0.3) is 0 Å². The quantitative estimate of drug-likeness (QED) is 0.604. The standard InChI is InChI=1S/C18H22N4O5/c1-18(2,3)27-17(23)20-9-11-13(20)7-14(11)21-8-10-5-15(22(24)25)16(26-4)6-12(10)19-21/h5-6,8,11,13-14H,7,9H2,1-4H3/t11?,13?,14-/m1/s1. The third-order valence-electron chi connectivity index (χ3n) is 5.27. The number of ether oxygens (including phenoxy) is 2. The summed E-state index contributed by atoms with van der Waals surface area (Å²) in [5.74, 6) is 0.535. The van der Waals surface area contributed by atoms with E-state index in [9.17, 15) is 14.9 Å². The SMILES string of the molecule is COc1cc2nn([C@@H]3CC4C3CN4C(=O)OC(C)(C)C)cc2cc1[N+](=O)[O-]. The third kappa shape index (κ3) is 2.87. The molecular weight excluding hydrogens is 352 g/mol. The number of likely N-dealkylation sites (tertiary alicyclic amines) is 1. The first-order valence-corrected chi connectivity index (χ1v) is 8.89. The Balaban J connectivity index is 1.50. The van der Waals surface area contributed by atoms with Crippen molar-refractivity contribution < 1.29 is 19.2 Å². The number of carbonyl (C=O) groups is 1. The topological polar surface area (TPSA) is 99.7 Å². The van der Waals surface area contributed by atoms with Crippen molar-refractivity contribution in [2.45, 2.75) is 44.9 Å². The number of piperidine rings is 1. The van der Waals surface area contributed by atoms with Crippen molar-refractivity contribution in [1.82, 2.24) is 14.7 Å². The van der Waals surface area contributed by atoms with Gasteiger partial charge in [0.2, 0.25) is 0 Å². The number of methoxy groups -OCH3 is 1. The van der Waals surface area contributed by atoms with Crippen LogP contribution in [0.2, 0.25) is 0 Å². The molecule has 0 radical (unpaired) electrons. The molecule has 1 aromatic carbocycles. The summed E-state index contributed by atoms with van der Waals surface area (Å²) in [6, 6.07) is 3.45. The van der Waals surface area contributed by atoms with Crippen LogP contribution in [0.5, 0.6) is 5.75 Å². The summed E-state index contributed by atoms with van der Waals surface area (Å²) in [5.41, 5.74) is 0.0821. The Morgan fingerprint density at radius 1 is 1.33 bits per heavy atom. The van der Waals surface area contributed by atoms with Gasteiger partial charge in [0.05, 0.1) is 23.6 Å². The summed E-state index contributed by atoms with van der Waals surface area (Å²) in [7, 11) is 1.40. The fourth-order valence-corrected chi connectivity index (χ4v) is 3.85. The number of nitrogens with zero attached hydrogens (tertiary/aromatic N) is 4. The monoisotopic (exact) mass is 374 g/mol. The first kappa shape index (κ1) is 17.6. The zero-order chi connectivity index (χ0) is 19.5. The molecule has 1 saturated heterocycles. The number of benzene rings is 1. The molecule has 9 heteroatoms. The van der Waals surface area contributed by atoms with E-state index in [1.807, 2.05) is 31.6 Å². The summed E-state index contributed by atoms with van der Waals surface area (Å²) in [5, 5.41) is 16.5. The second kappa shape index (κ2) is 5.83. The lowest BCUT2D eigenvalue weighted by molar-refractivity contribution is -0.385. The normalized spacial score (nSPS) is 24.0. The van der Waals surface area contributed by atoms with Crippen molar-refractivity contribution in [2.75, 3.05) is 13.7 Å². The van der Waals surface area contributed by atoms with Gasteiger partial charge in [0.1, 0.15) is 5.60 Å². The molecule has 2 aromatic rings. The molecular formula is C18H22N4O5. The van der Waals surface area contributed by atoms with E-state index in [0.717, 1.165) is 6.42 Å². The first-order chi connectivity index (χ1) is 12.7. The van der Waals surface area contributed by atoms with Crippen LogP contribution in [0.3, 0.4) is 0 Å². The van der Waals surface area contributed by atoms with Crippen molar-refractivity contribution in [1.29, 1.82) is 0 Å². The lowest BCUT2D eigenvalue weighted by Crippen LogP contribution is -2.68. The Hall–Kier alpha value is -2.84. The molecule has 1 amide bonds. The Morgan fingerprint density at radius 2 is 2.07 bits per heavy atom. The van der Waals surface area contributed by atoms with Crippen LogP contribution in [0, 0.1) is 16.0 Å². The van der Waals surface area contributed by atoms with E-state index in [0.29, 0.717) is 23.4 Å². The minimum atomic E-state index is -0.501. The molecule has 3 atom stereocenters. The molecule has 144 valence electrons. The zero-order valence-corrected chi connectivity index (χ0v) is 15.7. The van der Waals surface area contributed by atoms with Crippen LogP contribution in [0.1, 0.15) is 33.2 Å². The number of hydrogen-bond donors (Lipinski definition) is 0. The Labute approximate surface area is 156 Å². The number of nitro benzene ring substituents is 1. The van der Waals surface area contributed by atoms with Crippen LogP contribution in [0.15, 0.2) is 18.3 Å². The maximum absolute atomic E-state index is 12.2. The maximum Gasteiger partial charge on any atom is 0.410 e. The Kier molecular flexibility index (Phi) is 3.79. The molecule has 0 spiro atoms. The average Bonchev–Trinajstić information content (AvgIpc) is 2.95. The highest BCUT2D eigenvalue weighted by Gasteiger charge is 2.56. The van der Waals surface area contributed by atoms with Crippen LogP contribution in [0.25, 0.3) is 10.9 Å². The number of carbonyl (C=O) groups excluding carboxylic acids is 1. The fraction of sp³-hybridized carbons (Fsp3) is 0.556. The zero-order valence-electron chi connectivity index (χ0n) is 15.7. The molecule has 1 aromatic heterocycles. The number of rotatable bonds is 3. The first-order valence-electron chi connectivity index (χ1n) is 8.89. The smallest absolute Gasteiger partial charge is 0.410 e. The highest BCUT2D eigenvalue weighted by molar-refractivity contribution is 5.83. The largest absolute Gasteiger partial charge is 0.490 e. The molecule has 1 aliphatic carbocycles. The van der Waals surface area contributed by atoms with Crippen molar-refractivity contribution in [3.8, 4) is 5.75 Å². The van der Waals surface area contributed by atoms with E-state index in [1.54, 1.807) is 11.0 Å². The minimum absolute atomic E-state index is 0.0734. The van der Waals surface area contributed by atoms with E-state index in [1.165, 1.54) is 13.2 Å². The van der Waals surface area contributed by atoms with E-state index in [4.69, 9.17) is 9.47 Å². The number of hydrogen-bond acceptors (Lipinski definition) is 6. The molecule has 27 heavy (non-hydrogen) atoms. The van der Waals surface area contributed by atoms with Crippen molar-refractivity contribution in [2.24, 2.45) is 5.92 Å². The van der Waals surface area contributed by atoms with Crippen LogP contribution in [-0.4, -0.2) is 51.0 Å². The predicted molar refractivity (Wildman–Crippen MR) is 96.8 cm³/mol. The molecule has 0 bridgehead atoms. The summed E-state index contributed by atoms with van der Waals surface area (Å²) >= 11 is 0. The highest BCUT2D eigenvalue weighted by atomic mass is 16.6. The maximum atomic E-state index is 12.2. The molecule has 4 rings (SSSR count). The van der Waals surface area contributed by atoms with E-state index in [-0.39, 0.29) is 29.6 Å². The van der Waals surface area contributed by atoms with Gasteiger partial charge >= 0.3 is 11.8 Å². The van der Waals surface area contributed by atoms with E-state index < -0.39 is 10.5 Å². The van der Waals surface area contributed by atoms with Crippen molar-refractivity contribution in [3.63, 3.8) is 0 Å². The van der Waals surface area contributed by atoms with Gasteiger partial charge in [0.15, 0.2) is 5.75 Å². The van der Waals surface area contributed by atoms with Crippen LogP contribution < -0.4 is 4.74 Å². The van der Waals surface area contributed by atoms with Crippen molar-refractivity contribution in [3.05, 3.63) is 28.4 Å². The molecule has 2 aliphatic rings. The minimum Gasteiger partial charge on any atom is -0.490 e. The fourth-order valence-electron chi connectivity index (χ4n) is 3.85. The van der Waals surface area contributed by atoms with Crippen LogP contribution >= 0.6 is 0 Å². The number of nitro groups is 1. The van der Waals surface area contributed by atoms with Crippen LogP contribution in [0.4, 0.5) is 10.5 Å². The second-order valence-electron chi connectivity index (χ2n) is 8.12. The Morgan fingerprint density at radius 3 is 2.63 bits per heavy atom. The van der Waals surface area contributed by atoms with Gasteiger partial charge in [-0.2, -0.15) is 5.10 Å². The number of fused-ring (bicyclic) bond motifs is 2. The van der Waals surface area contributed by atoms with E-state index in [2.05, 4.69) is 5.10 Å². The lowest BCUT2D eigenvalue weighted by atomic mass is 9.67. The summed E-state index contributed by atoms with van der Waals surface area (Å²) < 4.78 is 12.4. The summed E-state index contributed by atoms with van der Waals surface area (Å²) in [4.78, 5) is 24.7. The second-order valence-corrected chi connectivity index (χ2v) is 8.12. The van der Waals surface area contributed by atoms with Gasteiger partial charge in [-0.05, 0) is 27.2 Å². The van der Waals surface area contributed by atoms with Gasteiger partial charge in [-0.25, -0.2) is 4.79 Å². The van der Waals surface area contributed by atoms with E-state index >= 15 is 0 Å². The molecule has 2 unspecified atom stereocenters. The van der Waals surface area contributed by atoms with Gasteiger partial charge in [-0.1, -0.05) is 0 Å². The molecule has 2 heterocycles. The highest BCUT2D eigenvalue weighted by Crippen LogP contribution is 2.50. The average molecular weight is 374 g/mol. The van der Waals surface area contributed by atoms with Gasteiger partial charge < -0.3 is 14.4 Å². The van der Waals surface area contributed by atoms with Crippen molar-refractivity contribution >= 4 is 22.7 Å².